The number of aromatic nitrogens is 2. The zero-order valence-electron chi connectivity index (χ0n) is 26.0. The van der Waals surface area contributed by atoms with E-state index < -0.39 is 12.1 Å². The monoisotopic (exact) mass is 567 g/mol. The number of rotatable bonds is 25. The molecule has 6 nitrogen and oxygen atoms in total. The standard InChI is InChI=1S/C35H57N3O3/c1-3-5-7-8-9-10-11-12-13-14-15-16-18-25-34(39)33(38-35(40)26-17-6-4-2)29-41-28-30-22-21-24-32(37-30)31-23-19-20-27-36-31/h19-24,27,33-34,39H,3-18,25-26,28-29H2,1-2H3,(H,38,40)/t33-,34+/m0/s1. The molecule has 0 unspecified atom stereocenters. The van der Waals surface area contributed by atoms with Crippen LogP contribution < -0.4 is 5.32 Å². The molecular formula is C35H57N3O3. The van der Waals surface area contributed by atoms with Crippen molar-refractivity contribution in [1.82, 2.24) is 15.3 Å². The van der Waals surface area contributed by atoms with Crippen molar-refractivity contribution in [2.24, 2.45) is 0 Å². The maximum absolute atomic E-state index is 12.6. The van der Waals surface area contributed by atoms with Crippen LogP contribution in [0.2, 0.25) is 0 Å². The molecule has 230 valence electrons. The summed E-state index contributed by atoms with van der Waals surface area (Å²) in [7, 11) is 0. The molecule has 2 aromatic heterocycles. The molecule has 2 atom stereocenters. The first-order valence-electron chi connectivity index (χ1n) is 16.6. The minimum atomic E-state index is -0.620. The van der Waals surface area contributed by atoms with Crippen molar-refractivity contribution in [2.75, 3.05) is 6.61 Å². The minimum absolute atomic E-state index is 0.00765. The maximum atomic E-state index is 12.6. The third-order valence-corrected chi connectivity index (χ3v) is 7.70. The maximum Gasteiger partial charge on any atom is 0.220 e. The van der Waals surface area contributed by atoms with Crippen LogP contribution in [0.4, 0.5) is 0 Å². The molecule has 0 saturated carbocycles. The number of nitrogens with one attached hydrogen (secondary N) is 1. The molecular weight excluding hydrogens is 510 g/mol. The van der Waals surface area contributed by atoms with E-state index in [1.54, 1.807) is 6.20 Å². The van der Waals surface area contributed by atoms with Gasteiger partial charge in [0.1, 0.15) is 0 Å². The first-order chi connectivity index (χ1) is 20.1. The van der Waals surface area contributed by atoms with Crippen LogP contribution in [0.15, 0.2) is 42.6 Å². The van der Waals surface area contributed by atoms with Gasteiger partial charge in [-0.05, 0) is 37.1 Å². The number of carbonyl (C=O) groups is 1. The molecule has 0 aromatic carbocycles. The van der Waals surface area contributed by atoms with Crippen molar-refractivity contribution in [3.8, 4) is 11.4 Å². The van der Waals surface area contributed by atoms with Crippen molar-refractivity contribution < 1.29 is 14.6 Å². The van der Waals surface area contributed by atoms with E-state index in [-0.39, 0.29) is 12.5 Å². The first-order valence-corrected chi connectivity index (χ1v) is 16.6. The summed E-state index contributed by atoms with van der Waals surface area (Å²) < 4.78 is 5.98. The number of carbonyl (C=O) groups excluding carboxylic acids is 1. The average molecular weight is 568 g/mol. The molecule has 0 aliphatic carbocycles. The van der Waals surface area contributed by atoms with Crippen molar-refractivity contribution >= 4 is 5.91 Å². The predicted octanol–water partition coefficient (Wildman–Crippen LogP) is 8.57. The van der Waals surface area contributed by atoms with Crippen LogP contribution >= 0.6 is 0 Å². The van der Waals surface area contributed by atoms with Gasteiger partial charge in [0.15, 0.2) is 0 Å². The number of aliphatic hydroxyl groups excluding tert-OH is 1. The number of amides is 1. The second kappa shape index (κ2) is 23.3. The Bertz CT molecular complexity index is 909. The second-order valence-corrected chi connectivity index (χ2v) is 11.5. The fourth-order valence-corrected chi connectivity index (χ4v) is 5.14. The van der Waals surface area contributed by atoms with Crippen LogP contribution in [0.5, 0.6) is 0 Å². The van der Waals surface area contributed by atoms with Crippen molar-refractivity contribution in [2.45, 2.75) is 148 Å². The number of ether oxygens (including phenoxy) is 1. The Labute approximate surface area is 250 Å². The third kappa shape index (κ3) is 16.7. The van der Waals surface area contributed by atoms with Gasteiger partial charge in [0.25, 0.3) is 0 Å². The summed E-state index contributed by atoms with van der Waals surface area (Å²) in [5, 5.41) is 14.0. The van der Waals surface area contributed by atoms with Crippen LogP contribution in [0.1, 0.15) is 135 Å². The van der Waals surface area contributed by atoms with Gasteiger partial charge >= 0.3 is 0 Å². The third-order valence-electron chi connectivity index (χ3n) is 7.70. The Balaban J connectivity index is 1.71. The summed E-state index contributed by atoms with van der Waals surface area (Å²) in [4.78, 5) is 21.6. The van der Waals surface area contributed by atoms with E-state index in [0.717, 1.165) is 49.2 Å². The molecule has 0 fully saturated rings. The molecule has 6 heteroatoms. The SMILES string of the molecule is CCCCCCCCCCCCCCC[C@@H](O)[C@H](COCc1cccc(-c2ccccn2)n1)NC(=O)CCCCC. The lowest BCUT2D eigenvalue weighted by Crippen LogP contribution is -2.46. The van der Waals surface area contributed by atoms with Gasteiger partial charge in [-0.25, -0.2) is 4.98 Å². The molecule has 41 heavy (non-hydrogen) atoms. The highest BCUT2D eigenvalue weighted by molar-refractivity contribution is 5.76. The molecule has 2 N–H and O–H groups in total. The predicted molar refractivity (Wildman–Crippen MR) is 170 cm³/mol. The molecule has 0 saturated heterocycles. The van der Waals surface area contributed by atoms with Crippen LogP contribution in [0.3, 0.4) is 0 Å². The largest absolute Gasteiger partial charge is 0.391 e. The molecule has 2 rings (SSSR count). The lowest BCUT2D eigenvalue weighted by Gasteiger charge is -2.24. The van der Waals surface area contributed by atoms with Gasteiger partial charge in [0.05, 0.1) is 42.4 Å². The summed E-state index contributed by atoms with van der Waals surface area (Å²) in [5.74, 6) is -0.00765. The number of unbranched alkanes of at least 4 members (excludes halogenated alkanes) is 14. The number of hydrogen-bond acceptors (Lipinski definition) is 5. The number of aliphatic hydroxyl groups is 1. The van der Waals surface area contributed by atoms with E-state index in [4.69, 9.17) is 4.74 Å². The molecule has 1 amide bonds. The molecule has 0 bridgehead atoms. The molecule has 0 aliphatic heterocycles. The fourth-order valence-electron chi connectivity index (χ4n) is 5.14. The van der Waals surface area contributed by atoms with Crippen molar-refractivity contribution in [1.29, 1.82) is 0 Å². The van der Waals surface area contributed by atoms with E-state index in [2.05, 4.69) is 29.1 Å². The molecule has 0 radical (unpaired) electrons. The normalized spacial score (nSPS) is 12.8. The quantitative estimate of drug-likeness (QED) is 0.117. The van der Waals surface area contributed by atoms with Crippen LogP contribution in [0.25, 0.3) is 11.4 Å². The molecule has 2 heterocycles. The fraction of sp³-hybridized carbons (Fsp3) is 0.686. The van der Waals surface area contributed by atoms with E-state index in [1.807, 2.05) is 36.4 Å². The van der Waals surface area contributed by atoms with E-state index in [0.29, 0.717) is 19.4 Å². The molecule has 0 aliphatic rings. The van der Waals surface area contributed by atoms with Gasteiger partial charge in [0.2, 0.25) is 5.91 Å². The van der Waals surface area contributed by atoms with Crippen LogP contribution in [-0.4, -0.2) is 39.7 Å². The second-order valence-electron chi connectivity index (χ2n) is 11.5. The smallest absolute Gasteiger partial charge is 0.220 e. The minimum Gasteiger partial charge on any atom is -0.391 e. The lowest BCUT2D eigenvalue weighted by atomic mass is 10.0. The number of nitrogens with zero attached hydrogens (tertiary/aromatic N) is 2. The van der Waals surface area contributed by atoms with Crippen molar-refractivity contribution in [3.63, 3.8) is 0 Å². The lowest BCUT2D eigenvalue weighted by molar-refractivity contribution is -0.123. The highest BCUT2D eigenvalue weighted by Crippen LogP contribution is 2.16. The average Bonchev–Trinajstić information content (AvgIpc) is 2.99. The highest BCUT2D eigenvalue weighted by Gasteiger charge is 2.21. The van der Waals surface area contributed by atoms with Gasteiger partial charge in [-0.1, -0.05) is 122 Å². The first kappa shape index (κ1) is 34.9. The molecule has 0 spiro atoms. The summed E-state index contributed by atoms with van der Waals surface area (Å²) >= 11 is 0. The highest BCUT2D eigenvalue weighted by atomic mass is 16.5. The Kier molecular flexibility index (Phi) is 19.8. The Morgan fingerprint density at radius 2 is 1.39 bits per heavy atom. The van der Waals surface area contributed by atoms with Gasteiger partial charge in [-0.3, -0.25) is 9.78 Å². The summed E-state index contributed by atoms with van der Waals surface area (Å²) in [6.45, 7) is 4.97. The zero-order valence-corrected chi connectivity index (χ0v) is 26.0. The van der Waals surface area contributed by atoms with Gasteiger partial charge in [0, 0.05) is 12.6 Å². The van der Waals surface area contributed by atoms with Gasteiger partial charge in [-0.15, -0.1) is 0 Å². The zero-order chi connectivity index (χ0) is 29.4. The van der Waals surface area contributed by atoms with E-state index in [1.165, 1.54) is 70.6 Å². The Hall–Kier alpha value is -2.31. The Morgan fingerprint density at radius 3 is 2.02 bits per heavy atom. The summed E-state index contributed by atoms with van der Waals surface area (Å²) in [6, 6.07) is 11.2. The van der Waals surface area contributed by atoms with Gasteiger partial charge < -0.3 is 15.2 Å². The van der Waals surface area contributed by atoms with Crippen molar-refractivity contribution in [3.05, 3.63) is 48.3 Å². The topological polar surface area (TPSA) is 84.3 Å². The van der Waals surface area contributed by atoms with E-state index in [9.17, 15) is 9.90 Å². The summed E-state index contributed by atoms with van der Waals surface area (Å²) in [6.07, 6.45) is 22.2. The van der Waals surface area contributed by atoms with Crippen LogP contribution in [0, 0.1) is 0 Å². The van der Waals surface area contributed by atoms with Crippen LogP contribution in [-0.2, 0) is 16.1 Å². The number of hydrogen-bond donors (Lipinski definition) is 2. The molecule has 2 aromatic rings. The summed E-state index contributed by atoms with van der Waals surface area (Å²) in [5.41, 5.74) is 2.42. The van der Waals surface area contributed by atoms with Gasteiger partial charge in [-0.2, -0.15) is 0 Å². The van der Waals surface area contributed by atoms with E-state index >= 15 is 0 Å². The number of pyridine rings is 2. The Morgan fingerprint density at radius 1 is 0.780 bits per heavy atom.